The van der Waals surface area contributed by atoms with E-state index in [0.29, 0.717) is 6.54 Å². The number of carbonyl (C=O) groups excluding carboxylic acids is 3. The highest BCUT2D eigenvalue weighted by atomic mass is 32.2. The van der Waals surface area contributed by atoms with Crippen LogP contribution in [0.5, 0.6) is 0 Å². The first-order valence-electron chi connectivity index (χ1n) is 8.41. The molecule has 3 aliphatic heterocycles. The molecule has 0 bridgehead atoms. The lowest BCUT2D eigenvalue weighted by Gasteiger charge is -2.35. The maximum atomic E-state index is 12.2. The van der Waals surface area contributed by atoms with E-state index in [1.54, 1.807) is 23.6 Å². The average Bonchev–Trinajstić information content (AvgIpc) is 3.05. The number of hydrogen-bond donors (Lipinski definition) is 0. The fourth-order valence-corrected chi connectivity index (χ4v) is 5.33. The van der Waals surface area contributed by atoms with Gasteiger partial charge in [-0.05, 0) is 25.7 Å². The molecule has 25 heavy (non-hydrogen) atoms. The normalized spacial score (nSPS) is 32.6. The SMILES string of the molecule is CCC(=O)OOC(=O)C1SOC(=O)C2C(SC3CCCCO3)CCN12. The first-order valence-corrected chi connectivity index (χ1v) is 10.2. The molecule has 0 aromatic carbocycles. The van der Waals surface area contributed by atoms with E-state index >= 15 is 0 Å². The monoisotopic (exact) mass is 391 g/mol. The van der Waals surface area contributed by atoms with Crippen LogP contribution in [0.3, 0.4) is 0 Å². The first kappa shape index (κ1) is 18.8. The summed E-state index contributed by atoms with van der Waals surface area (Å²) in [6.45, 7) is 2.91. The van der Waals surface area contributed by atoms with Gasteiger partial charge in [0.05, 0.1) is 12.0 Å². The molecule has 3 rings (SSSR count). The van der Waals surface area contributed by atoms with Crippen molar-refractivity contribution in [2.75, 3.05) is 13.2 Å². The summed E-state index contributed by atoms with van der Waals surface area (Å²) < 4.78 is 10.9. The zero-order valence-corrected chi connectivity index (χ0v) is 15.5. The van der Waals surface area contributed by atoms with E-state index in [0.717, 1.165) is 44.3 Å². The Bertz CT molecular complexity index is 526. The van der Waals surface area contributed by atoms with Crippen molar-refractivity contribution < 1.29 is 33.1 Å². The minimum Gasteiger partial charge on any atom is -0.388 e. The molecule has 3 saturated heterocycles. The van der Waals surface area contributed by atoms with Crippen LogP contribution < -0.4 is 0 Å². The molecule has 0 aromatic heterocycles. The van der Waals surface area contributed by atoms with Gasteiger partial charge in [0.25, 0.3) is 0 Å². The molecule has 10 heteroatoms. The lowest BCUT2D eigenvalue weighted by molar-refractivity contribution is -0.260. The van der Waals surface area contributed by atoms with Gasteiger partial charge in [0.1, 0.15) is 11.5 Å². The van der Waals surface area contributed by atoms with Gasteiger partial charge in [0.2, 0.25) is 0 Å². The molecule has 4 unspecified atom stereocenters. The molecular formula is C15H21NO7S2. The van der Waals surface area contributed by atoms with Crippen molar-refractivity contribution in [3.63, 3.8) is 0 Å². The number of carbonyl (C=O) groups is 3. The number of fused-ring (bicyclic) bond motifs is 1. The van der Waals surface area contributed by atoms with E-state index in [1.165, 1.54) is 0 Å². The van der Waals surface area contributed by atoms with Gasteiger partial charge in [-0.25, -0.2) is 24.2 Å². The average molecular weight is 391 g/mol. The fraction of sp³-hybridized carbons (Fsp3) is 0.800. The third kappa shape index (κ3) is 4.42. The van der Waals surface area contributed by atoms with Gasteiger partial charge < -0.3 is 8.92 Å². The van der Waals surface area contributed by atoms with E-state index in [9.17, 15) is 14.4 Å². The molecule has 140 valence electrons. The third-order valence-corrected chi connectivity index (χ3v) is 6.74. The van der Waals surface area contributed by atoms with Crippen molar-refractivity contribution in [2.24, 2.45) is 0 Å². The third-order valence-electron chi connectivity index (χ3n) is 4.32. The van der Waals surface area contributed by atoms with E-state index in [2.05, 4.69) is 9.78 Å². The summed E-state index contributed by atoms with van der Waals surface area (Å²) in [6.07, 6.45) is 4.02. The van der Waals surface area contributed by atoms with Gasteiger partial charge in [0, 0.05) is 24.8 Å². The van der Waals surface area contributed by atoms with Crippen molar-refractivity contribution >= 4 is 41.7 Å². The summed E-state index contributed by atoms with van der Waals surface area (Å²) >= 11 is 2.38. The van der Waals surface area contributed by atoms with Gasteiger partial charge >= 0.3 is 17.9 Å². The predicted molar refractivity (Wildman–Crippen MR) is 90.0 cm³/mol. The molecule has 8 nitrogen and oxygen atoms in total. The standard InChI is InChI=1S/C15H21NO7S2/c1-2-10(17)21-22-15(19)13-16-7-6-9(12(16)14(18)23-25-13)24-11-5-3-4-8-20-11/h9,11-13H,2-8H2,1H3. The summed E-state index contributed by atoms with van der Waals surface area (Å²) in [5, 5.41) is -0.824. The van der Waals surface area contributed by atoms with Crippen molar-refractivity contribution in [3.05, 3.63) is 0 Å². The Kier molecular flexibility index (Phi) is 6.48. The van der Waals surface area contributed by atoms with Crippen LogP contribution in [-0.2, 0) is 33.1 Å². The van der Waals surface area contributed by atoms with E-state index in [4.69, 9.17) is 8.92 Å². The molecular weight excluding hydrogens is 370 g/mol. The maximum absolute atomic E-state index is 12.2. The number of rotatable bonds is 4. The van der Waals surface area contributed by atoms with Crippen LogP contribution in [0.15, 0.2) is 0 Å². The Morgan fingerprint density at radius 3 is 2.88 bits per heavy atom. The second kappa shape index (κ2) is 8.61. The quantitative estimate of drug-likeness (QED) is 0.400. The van der Waals surface area contributed by atoms with Crippen LogP contribution in [0, 0.1) is 0 Å². The number of ether oxygens (including phenoxy) is 1. The predicted octanol–water partition coefficient (Wildman–Crippen LogP) is 1.63. The highest BCUT2D eigenvalue weighted by molar-refractivity contribution is 8.00. The van der Waals surface area contributed by atoms with Crippen molar-refractivity contribution in [1.82, 2.24) is 4.90 Å². The van der Waals surface area contributed by atoms with Crippen molar-refractivity contribution in [3.8, 4) is 0 Å². The summed E-state index contributed by atoms with van der Waals surface area (Å²) in [5.74, 6) is -1.73. The maximum Gasteiger partial charge on any atom is 0.386 e. The summed E-state index contributed by atoms with van der Waals surface area (Å²) in [6, 6.07) is -0.517. The lowest BCUT2D eigenvalue weighted by Crippen LogP contribution is -2.53. The van der Waals surface area contributed by atoms with Crippen LogP contribution in [0.4, 0.5) is 0 Å². The Balaban J connectivity index is 1.60. The van der Waals surface area contributed by atoms with Crippen LogP contribution in [0.2, 0.25) is 0 Å². The minimum atomic E-state index is -0.828. The van der Waals surface area contributed by atoms with Crippen molar-refractivity contribution in [2.45, 2.75) is 61.1 Å². The van der Waals surface area contributed by atoms with Gasteiger partial charge in [-0.2, -0.15) is 0 Å². The highest BCUT2D eigenvalue weighted by Crippen LogP contribution is 2.41. The van der Waals surface area contributed by atoms with Gasteiger partial charge in [-0.3, -0.25) is 4.90 Å². The van der Waals surface area contributed by atoms with Gasteiger partial charge in [0.15, 0.2) is 5.37 Å². The van der Waals surface area contributed by atoms with E-state index in [1.807, 2.05) is 0 Å². The number of thioether (sulfide) groups is 1. The molecule has 0 radical (unpaired) electrons. The van der Waals surface area contributed by atoms with Gasteiger partial charge in [-0.1, -0.05) is 6.92 Å². The Hall–Kier alpha value is -0.970. The molecule has 3 heterocycles. The molecule has 3 fully saturated rings. The molecule has 3 aliphatic rings. The van der Waals surface area contributed by atoms with Crippen LogP contribution in [0.25, 0.3) is 0 Å². The van der Waals surface area contributed by atoms with Gasteiger partial charge in [-0.15, -0.1) is 11.8 Å². The van der Waals surface area contributed by atoms with E-state index in [-0.39, 0.29) is 23.1 Å². The minimum absolute atomic E-state index is 0.00462. The fourth-order valence-electron chi connectivity index (χ4n) is 3.05. The van der Waals surface area contributed by atoms with Crippen LogP contribution in [0.1, 0.15) is 39.0 Å². The second-order valence-corrected chi connectivity index (χ2v) is 8.21. The Labute approximate surface area is 154 Å². The van der Waals surface area contributed by atoms with Crippen LogP contribution in [-0.4, -0.2) is 58.1 Å². The zero-order chi connectivity index (χ0) is 17.8. The lowest BCUT2D eigenvalue weighted by atomic mass is 10.2. The topological polar surface area (TPSA) is 91.4 Å². The molecule has 0 spiro atoms. The molecule has 0 aliphatic carbocycles. The molecule has 0 saturated carbocycles. The summed E-state index contributed by atoms with van der Waals surface area (Å²) in [4.78, 5) is 46.3. The number of hydrogen-bond acceptors (Lipinski definition) is 10. The largest absolute Gasteiger partial charge is 0.388 e. The number of nitrogens with zero attached hydrogens (tertiary/aromatic N) is 1. The molecule has 0 amide bonds. The van der Waals surface area contributed by atoms with Crippen molar-refractivity contribution in [1.29, 1.82) is 0 Å². The summed E-state index contributed by atoms with van der Waals surface area (Å²) in [7, 11) is 0. The Morgan fingerprint density at radius 2 is 2.16 bits per heavy atom. The van der Waals surface area contributed by atoms with E-state index < -0.39 is 23.4 Å². The molecule has 0 aromatic rings. The first-order chi connectivity index (χ1) is 12.1. The van der Waals surface area contributed by atoms with Crippen LogP contribution >= 0.6 is 23.8 Å². The summed E-state index contributed by atoms with van der Waals surface area (Å²) in [5.41, 5.74) is 0.0805. The molecule has 4 atom stereocenters. The zero-order valence-electron chi connectivity index (χ0n) is 13.9. The smallest absolute Gasteiger partial charge is 0.386 e. The highest BCUT2D eigenvalue weighted by Gasteiger charge is 2.52. The molecule has 0 N–H and O–H groups in total. The second-order valence-electron chi connectivity index (χ2n) is 6.00. The Morgan fingerprint density at radius 1 is 1.32 bits per heavy atom.